The average Bonchev–Trinajstić information content (AvgIpc) is 2.98. The molecule has 0 radical (unpaired) electrons. The molecule has 0 saturated carbocycles. The summed E-state index contributed by atoms with van der Waals surface area (Å²) >= 11 is 7.23. The number of rotatable bonds is 4. The van der Waals surface area contributed by atoms with Gasteiger partial charge >= 0.3 is 5.97 Å². The van der Waals surface area contributed by atoms with Crippen molar-refractivity contribution in [1.82, 2.24) is 0 Å². The monoisotopic (exact) mass is 399 g/mol. The van der Waals surface area contributed by atoms with E-state index in [2.05, 4.69) is 5.32 Å². The van der Waals surface area contributed by atoms with Gasteiger partial charge in [0.05, 0.1) is 7.11 Å². The fourth-order valence-corrected chi connectivity index (χ4v) is 3.96. The zero-order chi connectivity index (χ0) is 19.6. The summed E-state index contributed by atoms with van der Waals surface area (Å²) in [6.45, 7) is 3.92. The molecule has 0 unspecified atom stereocenters. The molecule has 3 rings (SSSR count). The molecule has 1 amide bonds. The van der Waals surface area contributed by atoms with Crippen LogP contribution < -0.4 is 5.32 Å². The molecular weight excluding hydrogens is 382 g/mol. The number of ether oxygens (including phenoxy) is 1. The van der Waals surface area contributed by atoms with Gasteiger partial charge in [-0.25, -0.2) is 4.79 Å². The van der Waals surface area contributed by atoms with Crippen LogP contribution in [-0.2, 0) is 4.74 Å². The highest BCUT2D eigenvalue weighted by Crippen LogP contribution is 2.40. The molecule has 4 nitrogen and oxygen atoms in total. The molecule has 0 aliphatic heterocycles. The minimum absolute atomic E-state index is 0.312. The van der Waals surface area contributed by atoms with E-state index in [4.69, 9.17) is 16.3 Å². The maximum Gasteiger partial charge on any atom is 0.341 e. The molecule has 138 valence electrons. The van der Waals surface area contributed by atoms with E-state index in [1.165, 1.54) is 18.4 Å². The summed E-state index contributed by atoms with van der Waals surface area (Å²) < 4.78 is 4.98. The molecule has 0 atom stereocenters. The summed E-state index contributed by atoms with van der Waals surface area (Å²) in [6, 6.07) is 14.5. The summed E-state index contributed by atoms with van der Waals surface area (Å²) in [4.78, 5) is 26.0. The standard InChI is InChI=1S/C21H18ClNO3S/c1-12-4-6-14(7-5-12)17-13(2)27-20(18(17)21(25)26-3)23-19(24)15-8-10-16(22)11-9-15/h4-11H,1-3H3,(H,23,24). The van der Waals surface area contributed by atoms with Gasteiger partial charge in [0.25, 0.3) is 5.91 Å². The number of amides is 1. The number of benzene rings is 2. The molecule has 6 heteroatoms. The molecule has 0 aliphatic rings. The first-order valence-electron chi connectivity index (χ1n) is 8.26. The second kappa shape index (κ2) is 7.94. The highest BCUT2D eigenvalue weighted by molar-refractivity contribution is 7.17. The molecule has 27 heavy (non-hydrogen) atoms. The lowest BCUT2D eigenvalue weighted by Gasteiger charge is -2.08. The van der Waals surface area contributed by atoms with Crippen molar-refractivity contribution in [2.75, 3.05) is 12.4 Å². The minimum Gasteiger partial charge on any atom is -0.465 e. The first-order chi connectivity index (χ1) is 12.9. The zero-order valence-electron chi connectivity index (χ0n) is 15.1. The van der Waals surface area contributed by atoms with Gasteiger partial charge in [-0.3, -0.25) is 4.79 Å². The van der Waals surface area contributed by atoms with Crippen LogP contribution >= 0.6 is 22.9 Å². The predicted molar refractivity (Wildman–Crippen MR) is 110 cm³/mol. The van der Waals surface area contributed by atoms with E-state index in [9.17, 15) is 9.59 Å². The smallest absolute Gasteiger partial charge is 0.341 e. The number of carbonyl (C=O) groups excluding carboxylic acids is 2. The van der Waals surface area contributed by atoms with Crippen LogP contribution in [0.3, 0.4) is 0 Å². The predicted octanol–water partition coefficient (Wildman–Crippen LogP) is 5.72. The molecule has 1 N–H and O–H groups in total. The molecule has 2 aromatic carbocycles. The van der Waals surface area contributed by atoms with Crippen LogP contribution in [0.15, 0.2) is 48.5 Å². The van der Waals surface area contributed by atoms with E-state index < -0.39 is 5.97 Å². The zero-order valence-corrected chi connectivity index (χ0v) is 16.7. The number of hydrogen-bond acceptors (Lipinski definition) is 4. The fourth-order valence-electron chi connectivity index (χ4n) is 2.77. The van der Waals surface area contributed by atoms with E-state index >= 15 is 0 Å². The molecule has 1 heterocycles. The van der Waals surface area contributed by atoms with Crippen LogP contribution in [0, 0.1) is 13.8 Å². The van der Waals surface area contributed by atoms with Crippen molar-refractivity contribution < 1.29 is 14.3 Å². The van der Waals surface area contributed by atoms with Gasteiger partial charge in [-0.2, -0.15) is 0 Å². The van der Waals surface area contributed by atoms with E-state index in [1.807, 2.05) is 38.1 Å². The fraction of sp³-hybridized carbons (Fsp3) is 0.143. The maximum atomic E-state index is 12.6. The number of carbonyl (C=O) groups is 2. The molecule has 0 saturated heterocycles. The van der Waals surface area contributed by atoms with Gasteiger partial charge in [0.2, 0.25) is 0 Å². The van der Waals surface area contributed by atoms with Gasteiger partial charge in [-0.1, -0.05) is 41.4 Å². The molecular formula is C21H18ClNO3S. The van der Waals surface area contributed by atoms with Crippen molar-refractivity contribution >= 4 is 39.8 Å². The Bertz CT molecular complexity index is 992. The van der Waals surface area contributed by atoms with Gasteiger partial charge in [0.1, 0.15) is 10.6 Å². The molecule has 0 fully saturated rings. The molecule has 0 bridgehead atoms. The van der Waals surface area contributed by atoms with Crippen LogP contribution in [0.4, 0.5) is 5.00 Å². The lowest BCUT2D eigenvalue weighted by molar-refractivity contribution is 0.0603. The van der Waals surface area contributed by atoms with Crippen molar-refractivity contribution in [2.45, 2.75) is 13.8 Å². The number of aryl methyl sites for hydroxylation is 2. The first kappa shape index (κ1) is 19.1. The number of anilines is 1. The van der Waals surface area contributed by atoms with Gasteiger partial charge in [-0.05, 0) is 43.7 Å². The van der Waals surface area contributed by atoms with Crippen molar-refractivity contribution in [3.63, 3.8) is 0 Å². The Balaban J connectivity index is 2.04. The Kier molecular flexibility index (Phi) is 5.63. The Morgan fingerprint density at radius 3 is 2.22 bits per heavy atom. The van der Waals surface area contributed by atoms with Gasteiger partial charge in [0, 0.05) is 21.0 Å². The summed E-state index contributed by atoms with van der Waals surface area (Å²) in [5.41, 5.74) is 3.63. The number of halogens is 1. The minimum atomic E-state index is -0.485. The second-order valence-corrected chi connectivity index (χ2v) is 7.72. The van der Waals surface area contributed by atoms with Crippen molar-refractivity contribution in [2.24, 2.45) is 0 Å². The van der Waals surface area contributed by atoms with E-state index in [-0.39, 0.29) is 5.91 Å². The van der Waals surface area contributed by atoms with Crippen LogP contribution in [0.25, 0.3) is 11.1 Å². The third-order valence-corrected chi connectivity index (χ3v) is 5.42. The Hall–Kier alpha value is -2.63. The topological polar surface area (TPSA) is 55.4 Å². The quantitative estimate of drug-likeness (QED) is 0.570. The van der Waals surface area contributed by atoms with E-state index in [0.29, 0.717) is 21.2 Å². The number of esters is 1. The van der Waals surface area contributed by atoms with Crippen LogP contribution in [-0.4, -0.2) is 19.0 Å². The third-order valence-electron chi connectivity index (χ3n) is 4.15. The summed E-state index contributed by atoms with van der Waals surface area (Å²) in [6.07, 6.45) is 0. The molecule has 1 aromatic heterocycles. The van der Waals surface area contributed by atoms with Gasteiger partial charge in [0.15, 0.2) is 0 Å². The van der Waals surface area contributed by atoms with Gasteiger partial charge in [-0.15, -0.1) is 11.3 Å². The Labute approximate surface area is 166 Å². The Morgan fingerprint density at radius 2 is 1.63 bits per heavy atom. The second-order valence-electron chi connectivity index (χ2n) is 6.06. The highest BCUT2D eigenvalue weighted by atomic mass is 35.5. The maximum absolute atomic E-state index is 12.6. The Morgan fingerprint density at radius 1 is 1.00 bits per heavy atom. The van der Waals surface area contributed by atoms with Gasteiger partial charge < -0.3 is 10.1 Å². The largest absolute Gasteiger partial charge is 0.465 e. The molecule has 3 aromatic rings. The normalized spacial score (nSPS) is 10.5. The molecule has 0 spiro atoms. The SMILES string of the molecule is COC(=O)c1c(NC(=O)c2ccc(Cl)cc2)sc(C)c1-c1ccc(C)cc1. The van der Waals surface area contributed by atoms with Crippen LogP contribution in [0.5, 0.6) is 0 Å². The lowest BCUT2D eigenvalue weighted by atomic mass is 10.0. The average molecular weight is 400 g/mol. The van der Waals surface area contributed by atoms with E-state index in [0.717, 1.165) is 21.6 Å². The van der Waals surface area contributed by atoms with Crippen LogP contribution in [0.1, 0.15) is 31.2 Å². The summed E-state index contributed by atoms with van der Waals surface area (Å²) in [5, 5.41) is 3.86. The molecule has 0 aliphatic carbocycles. The van der Waals surface area contributed by atoms with Crippen molar-refractivity contribution in [3.8, 4) is 11.1 Å². The van der Waals surface area contributed by atoms with Crippen molar-refractivity contribution in [3.05, 3.63) is 75.1 Å². The first-order valence-corrected chi connectivity index (χ1v) is 9.46. The third kappa shape index (κ3) is 4.04. The number of thiophene rings is 1. The highest BCUT2D eigenvalue weighted by Gasteiger charge is 2.25. The van der Waals surface area contributed by atoms with Crippen LogP contribution in [0.2, 0.25) is 5.02 Å². The summed E-state index contributed by atoms with van der Waals surface area (Å²) in [7, 11) is 1.33. The lowest BCUT2D eigenvalue weighted by Crippen LogP contribution is -2.14. The number of methoxy groups -OCH3 is 1. The summed E-state index contributed by atoms with van der Waals surface area (Å²) in [5.74, 6) is -0.796. The van der Waals surface area contributed by atoms with E-state index in [1.54, 1.807) is 24.3 Å². The number of hydrogen-bond donors (Lipinski definition) is 1. The van der Waals surface area contributed by atoms with Crippen molar-refractivity contribution in [1.29, 1.82) is 0 Å². The number of nitrogens with one attached hydrogen (secondary N) is 1.